The minimum Gasteiger partial charge on any atom is -0.462 e. The molecule has 0 atom stereocenters. The Balaban J connectivity index is 2.10. The van der Waals surface area contributed by atoms with Gasteiger partial charge in [0.15, 0.2) is 0 Å². The monoisotopic (exact) mass is 329 g/mol. The summed E-state index contributed by atoms with van der Waals surface area (Å²) in [6.07, 6.45) is 3.03. The van der Waals surface area contributed by atoms with Gasteiger partial charge in [0.2, 0.25) is 5.91 Å². The second-order valence-electron chi connectivity index (χ2n) is 4.64. The smallest absolute Gasteiger partial charge is 0.340 e. The van der Waals surface area contributed by atoms with Crippen LogP contribution in [-0.4, -0.2) is 18.5 Å². The number of hydrogen-bond donors (Lipinski definition) is 1. The van der Waals surface area contributed by atoms with E-state index in [4.69, 9.17) is 16.3 Å². The van der Waals surface area contributed by atoms with E-state index in [-0.39, 0.29) is 12.5 Å². The molecule has 0 saturated carbocycles. The van der Waals surface area contributed by atoms with Crippen molar-refractivity contribution >= 4 is 35.2 Å². The summed E-state index contributed by atoms with van der Waals surface area (Å²) >= 11 is 5.89. The average Bonchev–Trinajstić information content (AvgIpc) is 2.54. The van der Waals surface area contributed by atoms with Gasteiger partial charge in [0.25, 0.3) is 0 Å². The molecule has 5 heteroatoms. The number of esters is 1. The van der Waals surface area contributed by atoms with Gasteiger partial charge in [0.1, 0.15) is 0 Å². The van der Waals surface area contributed by atoms with Crippen molar-refractivity contribution in [1.82, 2.24) is 0 Å². The summed E-state index contributed by atoms with van der Waals surface area (Å²) in [5.41, 5.74) is 1.54. The van der Waals surface area contributed by atoms with E-state index < -0.39 is 5.97 Å². The average molecular weight is 330 g/mol. The van der Waals surface area contributed by atoms with Crippen molar-refractivity contribution in [2.24, 2.45) is 0 Å². The second-order valence-corrected chi connectivity index (χ2v) is 5.08. The second kappa shape index (κ2) is 8.15. The summed E-state index contributed by atoms with van der Waals surface area (Å²) in [6.45, 7) is 2.00. The number of carbonyl (C=O) groups excluding carboxylic acids is 2. The minimum atomic E-state index is -0.470. The van der Waals surface area contributed by atoms with Crippen LogP contribution in [0, 0.1) is 0 Å². The molecule has 4 nitrogen and oxygen atoms in total. The SMILES string of the molecule is CCOC(=O)c1ccccc1NC(=O)/C=C/c1cccc(Cl)c1. The predicted octanol–water partition coefficient (Wildman–Crippen LogP) is 4.17. The Kier molecular flexibility index (Phi) is 5.94. The molecule has 0 unspecified atom stereocenters. The molecule has 0 aliphatic heterocycles. The molecule has 23 heavy (non-hydrogen) atoms. The molecule has 1 N–H and O–H groups in total. The van der Waals surface area contributed by atoms with E-state index in [0.717, 1.165) is 5.56 Å². The third-order valence-electron chi connectivity index (χ3n) is 2.96. The number of anilines is 1. The zero-order valence-electron chi connectivity index (χ0n) is 12.6. The van der Waals surface area contributed by atoms with E-state index in [9.17, 15) is 9.59 Å². The standard InChI is InChI=1S/C18H16ClNO3/c1-2-23-18(22)15-8-3-4-9-16(15)20-17(21)11-10-13-6-5-7-14(19)12-13/h3-12H,2H2,1H3,(H,20,21)/b11-10+. The molecule has 0 aromatic heterocycles. The molecule has 2 rings (SSSR count). The normalized spacial score (nSPS) is 10.5. The van der Waals surface area contributed by atoms with Crippen molar-refractivity contribution in [3.63, 3.8) is 0 Å². The Morgan fingerprint density at radius 2 is 1.96 bits per heavy atom. The highest BCUT2D eigenvalue weighted by molar-refractivity contribution is 6.30. The van der Waals surface area contributed by atoms with Gasteiger partial charge in [-0.2, -0.15) is 0 Å². The topological polar surface area (TPSA) is 55.4 Å². The summed E-state index contributed by atoms with van der Waals surface area (Å²) in [5.74, 6) is -0.816. The first kappa shape index (κ1) is 16.8. The third-order valence-corrected chi connectivity index (χ3v) is 3.19. The lowest BCUT2D eigenvalue weighted by atomic mass is 10.1. The maximum Gasteiger partial charge on any atom is 0.340 e. The Morgan fingerprint density at radius 3 is 2.70 bits per heavy atom. The molecular formula is C18H16ClNO3. The highest BCUT2D eigenvalue weighted by atomic mass is 35.5. The first-order valence-electron chi connectivity index (χ1n) is 7.11. The summed E-state index contributed by atoms with van der Waals surface area (Å²) in [6, 6.07) is 13.8. The number of carbonyl (C=O) groups is 2. The van der Waals surface area contributed by atoms with Gasteiger partial charge in [-0.05, 0) is 42.8 Å². The van der Waals surface area contributed by atoms with Crippen molar-refractivity contribution in [2.75, 3.05) is 11.9 Å². The maximum atomic E-state index is 12.0. The third kappa shape index (κ3) is 4.97. The Hall–Kier alpha value is -2.59. The van der Waals surface area contributed by atoms with E-state index in [1.54, 1.807) is 55.5 Å². The van der Waals surface area contributed by atoms with Crippen LogP contribution in [0.1, 0.15) is 22.8 Å². The van der Waals surface area contributed by atoms with Crippen LogP contribution < -0.4 is 5.32 Å². The van der Waals surface area contributed by atoms with Crippen LogP contribution in [0.25, 0.3) is 6.08 Å². The largest absolute Gasteiger partial charge is 0.462 e. The molecular weight excluding hydrogens is 314 g/mol. The van der Waals surface area contributed by atoms with Crippen molar-refractivity contribution in [3.8, 4) is 0 Å². The lowest BCUT2D eigenvalue weighted by Gasteiger charge is -2.08. The fraction of sp³-hybridized carbons (Fsp3) is 0.111. The summed E-state index contributed by atoms with van der Waals surface area (Å²) < 4.78 is 4.97. The molecule has 0 heterocycles. The number of halogens is 1. The number of para-hydroxylation sites is 1. The van der Waals surface area contributed by atoms with Crippen LogP contribution in [0.2, 0.25) is 5.02 Å². The van der Waals surface area contributed by atoms with Crippen molar-refractivity contribution in [2.45, 2.75) is 6.92 Å². The summed E-state index contributed by atoms with van der Waals surface area (Å²) in [7, 11) is 0. The summed E-state index contributed by atoms with van der Waals surface area (Å²) in [4.78, 5) is 23.9. The zero-order valence-corrected chi connectivity index (χ0v) is 13.3. The fourth-order valence-corrected chi connectivity index (χ4v) is 2.13. The predicted molar refractivity (Wildman–Crippen MR) is 91.5 cm³/mol. The van der Waals surface area contributed by atoms with E-state index in [1.165, 1.54) is 6.08 Å². The lowest BCUT2D eigenvalue weighted by Crippen LogP contribution is -2.13. The number of benzene rings is 2. The molecule has 0 bridgehead atoms. The maximum absolute atomic E-state index is 12.0. The van der Waals surface area contributed by atoms with Crippen LogP contribution in [0.15, 0.2) is 54.6 Å². The molecule has 0 spiro atoms. The van der Waals surface area contributed by atoms with Crippen molar-refractivity contribution in [1.29, 1.82) is 0 Å². The van der Waals surface area contributed by atoms with E-state index in [1.807, 2.05) is 6.07 Å². The molecule has 0 fully saturated rings. The van der Waals surface area contributed by atoms with Crippen LogP contribution >= 0.6 is 11.6 Å². The van der Waals surface area contributed by atoms with Crippen LogP contribution in [0.5, 0.6) is 0 Å². The molecule has 0 saturated heterocycles. The van der Waals surface area contributed by atoms with Gasteiger partial charge in [0.05, 0.1) is 17.9 Å². The minimum absolute atomic E-state index is 0.274. The Labute approximate surface area is 139 Å². The quantitative estimate of drug-likeness (QED) is 0.661. The number of ether oxygens (including phenoxy) is 1. The number of rotatable bonds is 5. The molecule has 118 valence electrons. The Bertz CT molecular complexity index is 741. The molecule has 2 aromatic rings. The number of hydrogen-bond acceptors (Lipinski definition) is 3. The molecule has 0 aliphatic carbocycles. The van der Waals surface area contributed by atoms with Gasteiger partial charge >= 0.3 is 5.97 Å². The van der Waals surface area contributed by atoms with E-state index >= 15 is 0 Å². The highest BCUT2D eigenvalue weighted by Gasteiger charge is 2.12. The molecule has 1 amide bonds. The van der Waals surface area contributed by atoms with Crippen LogP contribution in [0.4, 0.5) is 5.69 Å². The van der Waals surface area contributed by atoms with Gasteiger partial charge in [0, 0.05) is 11.1 Å². The molecule has 0 aliphatic rings. The first-order valence-corrected chi connectivity index (χ1v) is 7.48. The summed E-state index contributed by atoms with van der Waals surface area (Å²) in [5, 5.41) is 3.27. The van der Waals surface area contributed by atoms with Crippen molar-refractivity contribution < 1.29 is 14.3 Å². The van der Waals surface area contributed by atoms with Crippen LogP contribution in [0.3, 0.4) is 0 Å². The molecule has 0 radical (unpaired) electrons. The first-order chi connectivity index (χ1) is 11.1. The van der Waals surface area contributed by atoms with Crippen molar-refractivity contribution in [3.05, 3.63) is 70.8 Å². The van der Waals surface area contributed by atoms with Crippen LogP contribution in [-0.2, 0) is 9.53 Å². The number of nitrogens with one attached hydrogen (secondary N) is 1. The number of amides is 1. The zero-order chi connectivity index (χ0) is 16.7. The lowest BCUT2D eigenvalue weighted by molar-refractivity contribution is -0.111. The van der Waals surface area contributed by atoms with Gasteiger partial charge in [-0.15, -0.1) is 0 Å². The highest BCUT2D eigenvalue weighted by Crippen LogP contribution is 2.17. The van der Waals surface area contributed by atoms with Gasteiger partial charge < -0.3 is 10.1 Å². The Morgan fingerprint density at radius 1 is 1.17 bits per heavy atom. The molecule has 2 aromatic carbocycles. The van der Waals surface area contributed by atoms with Gasteiger partial charge in [-0.25, -0.2) is 4.79 Å². The van der Waals surface area contributed by atoms with Gasteiger partial charge in [-0.1, -0.05) is 35.9 Å². The van der Waals surface area contributed by atoms with Gasteiger partial charge in [-0.3, -0.25) is 4.79 Å². The van der Waals surface area contributed by atoms with E-state index in [0.29, 0.717) is 16.3 Å². The van der Waals surface area contributed by atoms with E-state index in [2.05, 4.69) is 5.32 Å². The fourth-order valence-electron chi connectivity index (χ4n) is 1.94.